The summed E-state index contributed by atoms with van der Waals surface area (Å²) < 4.78 is 10.1. The van der Waals surface area contributed by atoms with Crippen molar-refractivity contribution in [3.8, 4) is 5.75 Å². The highest BCUT2D eigenvalue weighted by Gasteiger charge is 2.10. The summed E-state index contributed by atoms with van der Waals surface area (Å²) in [4.78, 5) is 34.3. The zero-order valence-corrected chi connectivity index (χ0v) is 14.7. The molecule has 0 aliphatic heterocycles. The van der Waals surface area contributed by atoms with Crippen LogP contribution in [0.5, 0.6) is 5.75 Å². The summed E-state index contributed by atoms with van der Waals surface area (Å²) in [5, 5.41) is 5.56. The Morgan fingerprint density at radius 1 is 0.923 bits per heavy atom. The maximum Gasteiger partial charge on any atom is 0.344 e. The number of esters is 1. The number of carbonyl (C=O) groups excluding carboxylic acids is 3. The van der Waals surface area contributed by atoms with Gasteiger partial charge in [-0.2, -0.15) is 0 Å². The van der Waals surface area contributed by atoms with Gasteiger partial charge in [-0.1, -0.05) is 23.7 Å². The number of halogens is 1. The molecule has 2 amide bonds. The average Bonchev–Trinajstić information content (AvgIpc) is 2.60. The van der Waals surface area contributed by atoms with Crippen molar-refractivity contribution in [3.63, 3.8) is 0 Å². The highest BCUT2D eigenvalue weighted by molar-refractivity contribution is 6.32. The third kappa shape index (κ3) is 6.45. The van der Waals surface area contributed by atoms with Crippen molar-refractivity contribution in [2.45, 2.75) is 6.92 Å². The molecule has 0 aliphatic rings. The summed E-state index contributed by atoms with van der Waals surface area (Å²) in [5.41, 5.74) is 1.12. The smallest absolute Gasteiger partial charge is 0.344 e. The normalized spacial score (nSPS) is 9.92. The summed E-state index contributed by atoms with van der Waals surface area (Å²) in [5.74, 6) is -1.02. The minimum atomic E-state index is -0.693. The van der Waals surface area contributed by atoms with E-state index in [-0.39, 0.29) is 12.5 Å². The van der Waals surface area contributed by atoms with Gasteiger partial charge in [0.1, 0.15) is 5.75 Å². The predicted octanol–water partition coefficient (Wildman–Crippen LogP) is 2.86. The molecule has 2 rings (SSSR count). The van der Waals surface area contributed by atoms with Crippen LogP contribution in [0.1, 0.15) is 6.92 Å². The molecule has 0 radical (unpaired) electrons. The van der Waals surface area contributed by atoms with Crippen molar-refractivity contribution in [1.29, 1.82) is 0 Å². The fourth-order valence-electron chi connectivity index (χ4n) is 1.92. The van der Waals surface area contributed by atoms with Gasteiger partial charge in [0.05, 0.1) is 5.02 Å². The predicted molar refractivity (Wildman–Crippen MR) is 97.3 cm³/mol. The van der Waals surface area contributed by atoms with E-state index in [0.29, 0.717) is 22.1 Å². The van der Waals surface area contributed by atoms with Crippen molar-refractivity contribution in [2.24, 2.45) is 0 Å². The van der Waals surface area contributed by atoms with E-state index in [4.69, 9.17) is 21.1 Å². The molecule has 0 atom stereocenters. The van der Waals surface area contributed by atoms with Crippen molar-refractivity contribution in [2.75, 3.05) is 23.8 Å². The van der Waals surface area contributed by atoms with Crippen LogP contribution in [0.2, 0.25) is 5.02 Å². The highest BCUT2D eigenvalue weighted by Crippen LogP contribution is 2.22. The number of rotatable bonds is 7. The minimum Gasteiger partial charge on any atom is -0.480 e. The van der Waals surface area contributed by atoms with Crippen LogP contribution in [0.15, 0.2) is 48.5 Å². The topological polar surface area (TPSA) is 93.7 Å². The number of benzene rings is 2. The number of hydrogen-bond acceptors (Lipinski definition) is 5. The first kappa shape index (κ1) is 19.3. The Bertz CT molecular complexity index is 792. The maximum atomic E-state index is 11.8. The van der Waals surface area contributed by atoms with Gasteiger partial charge in [-0.25, -0.2) is 4.79 Å². The zero-order valence-electron chi connectivity index (χ0n) is 14.0. The van der Waals surface area contributed by atoms with Crippen molar-refractivity contribution in [1.82, 2.24) is 0 Å². The van der Waals surface area contributed by atoms with E-state index >= 15 is 0 Å². The number of carbonyl (C=O) groups is 3. The lowest BCUT2D eigenvalue weighted by atomic mass is 10.2. The molecule has 2 N–H and O–H groups in total. The molecular formula is C18H17ClN2O5. The lowest BCUT2D eigenvalue weighted by Gasteiger charge is -2.09. The van der Waals surface area contributed by atoms with Gasteiger partial charge in [-0.15, -0.1) is 0 Å². The van der Waals surface area contributed by atoms with E-state index in [1.54, 1.807) is 48.5 Å². The molecule has 0 unspecified atom stereocenters. The Kier molecular flexibility index (Phi) is 6.99. The fraction of sp³-hybridized carbons (Fsp3) is 0.167. The van der Waals surface area contributed by atoms with Crippen LogP contribution >= 0.6 is 11.6 Å². The lowest BCUT2D eigenvalue weighted by Crippen LogP contribution is -2.23. The lowest BCUT2D eigenvalue weighted by molar-refractivity contribution is -0.149. The molecule has 0 fully saturated rings. The molecule has 0 heterocycles. The van der Waals surface area contributed by atoms with Crippen LogP contribution in [0.4, 0.5) is 11.4 Å². The molecule has 2 aromatic rings. The summed E-state index contributed by atoms with van der Waals surface area (Å²) >= 11 is 5.90. The molecule has 136 valence electrons. The quantitative estimate of drug-likeness (QED) is 0.725. The van der Waals surface area contributed by atoms with E-state index in [1.807, 2.05) is 0 Å². The summed E-state index contributed by atoms with van der Waals surface area (Å²) in [6.45, 7) is 0.597. The van der Waals surface area contributed by atoms with Crippen LogP contribution in [0, 0.1) is 0 Å². The highest BCUT2D eigenvalue weighted by atomic mass is 35.5. The molecule has 7 nitrogen and oxygen atoms in total. The molecule has 0 saturated heterocycles. The number of anilines is 2. The van der Waals surface area contributed by atoms with E-state index in [1.165, 1.54) is 6.92 Å². The number of nitrogens with one attached hydrogen (secondary N) is 2. The molecule has 0 spiro atoms. The summed E-state index contributed by atoms with van der Waals surface area (Å²) in [7, 11) is 0. The standard InChI is InChI=1S/C18H17ClN2O5/c1-12(22)20-13-6-8-14(9-7-13)21-17(23)10-26-18(24)11-25-16-5-3-2-4-15(16)19/h2-9H,10-11H2,1H3,(H,20,22)(H,21,23). The first-order valence-corrected chi connectivity index (χ1v) is 8.02. The molecule has 2 aromatic carbocycles. The molecule has 0 saturated carbocycles. The molecule has 0 bridgehead atoms. The van der Waals surface area contributed by atoms with Crippen molar-refractivity contribution in [3.05, 3.63) is 53.6 Å². The third-order valence-corrected chi connectivity index (χ3v) is 3.35. The van der Waals surface area contributed by atoms with E-state index < -0.39 is 18.5 Å². The van der Waals surface area contributed by atoms with Crippen LogP contribution in [-0.4, -0.2) is 31.0 Å². The molecule has 0 aromatic heterocycles. The zero-order chi connectivity index (χ0) is 18.9. The van der Waals surface area contributed by atoms with Gasteiger partial charge in [-0.05, 0) is 36.4 Å². The van der Waals surface area contributed by atoms with Crippen molar-refractivity contribution < 1.29 is 23.9 Å². The van der Waals surface area contributed by atoms with Gasteiger partial charge >= 0.3 is 5.97 Å². The average molecular weight is 377 g/mol. The Morgan fingerprint density at radius 2 is 1.54 bits per heavy atom. The third-order valence-electron chi connectivity index (χ3n) is 3.04. The summed E-state index contributed by atoms with van der Waals surface area (Å²) in [6, 6.07) is 13.2. The van der Waals surface area contributed by atoms with E-state index in [0.717, 1.165) is 0 Å². The first-order chi connectivity index (χ1) is 12.4. The Morgan fingerprint density at radius 3 is 2.15 bits per heavy atom. The van der Waals surface area contributed by atoms with Crippen LogP contribution in [0.3, 0.4) is 0 Å². The first-order valence-electron chi connectivity index (χ1n) is 7.64. The monoisotopic (exact) mass is 376 g/mol. The van der Waals surface area contributed by atoms with E-state index in [9.17, 15) is 14.4 Å². The van der Waals surface area contributed by atoms with Gasteiger partial charge < -0.3 is 20.1 Å². The number of para-hydroxylation sites is 1. The molecular weight excluding hydrogens is 360 g/mol. The van der Waals surface area contributed by atoms with Gasteiger partial charge in [0.15, 0.2) is 13.2 Å². The second-order valence-electron chi connectivity index (χ2n) is 5.19. The van der Waals surface area contributed by atoms with Crippen LogP contribution in [-0.2, 0) is 19.1 Å². The van der Waals surface area contributed by atoms with Crippen LogP contribution in [0.25, 0.3) is 0 Å². The van der Waals surface area contributed by atoms with Gasteiger partial charge in [-0.3, -0.25) is 9.59 Å². The Balaban J connectivity index is 1.73. The molecule has 26 heavy (non-hydrogen) atoms. The second-order valence-corrected chi connectivity index (χ2v) is 5.59. The number of amides is 2. The summed E-state index contributed by atoms with van der Waals surface area (Å²) in [6.07, 6.45) is 0. The van der Waals surface area contributed by atoms with Gasteiger partial charge in [0.2, 0.25) is 5.91 Å². The van der Waals surface area contributed by atoms with Gasteiger partial charge in [0.25, 0.3) is 5.91 Å². The Hall–Kier alpha value is -3.06. The van der Waals surface area contributed by atoms with E-state index in [2.05, 4.69) is 10.6 Å². The minimum absolute atomic E-state index is 0.187. The maximum absolute atomic E-state index is 11.8. The van der Waals surface area contributed by atoms with Crippen LogP contribution < -0.4 is 15.4 Å². The molecule has 8 heteroatoms. The number of hydrogen-bond donors (Lipinski definition) is 2. The largest absolute Gasteiger partial charge is 0.480 e. The Labute approximate surface area is 155 Å². The van der Waals surface area contributed by atoms with Crippen molar-refractivity contribution >= 4 is 40.8 Å². The molecule has 0 aliphatic carbocycles. The SMILES string of the molecule is CC(=O)Nc1ccc(NC(=O)COC(=O)COc2ccccc2Cl)cc1. The fourth-order valence-corrected chi connectivity index (χ4v) is 2.11. The second kappa shape index (κ2) is 9.43. The number of ether oxygens (including phenoxy) is 2. The van der Waals surface area contributed by atoms with Gasteiger partial charge in [0, 0.05) is 18.3 Å².